The molecule has 110 valence electrons. The van der Waals surface area contributed by atoms with E-state index in [9.17, 15) is 4.79 Å². The van der Waals surface area contributed by atoms with Crippen molar-refractivity contribution >= 4 is 5.91 Å². The number of benzene rings is 1. The van der Waals surface area contributed by atoms with Crippen LogP contribution in [0.1, 0.15) is 5.56 Å². The Hall–Kier alpha value is -1.79. The van der Waals surface area contributed by atoms with Gasteiger partial charge in [0.2, 0.25) is 0 Å². The van der Waals surface area contributed by atoms with Crippen molar-refractivity contribution in [3.05, 3.63) is 23.8 Å². The number of hydrogen-bond donors (Lipinski definition) is 2. The fourth-order valence-corrected chi connectivity index (χ4v) is 2.03. The Morgan fingerprint density at radius 3 is 2.85 bits per heavy atom. The first-order valence-electron chi connectivity index (χ1n) is 6.55. The van der Waals surface area contributed by atoms with Gasteiger partial charge >= 0.3 is 0 Å². The van der Waals surface area contributed by atoms with Crippen molar-refractivity contribution in [1.29, 1.82) is 0 Å². The Labute approximate surface area is 118 Å². The van der Waals surface area contributed by atoms with Gasteiger partial charge in [-0.15, -0.1) is 0 Å². The van der Waals surface area contributed by atoms with Crippen LogP contribution in [-0.4, -0.2) is 45.9 Å². The van der Waals surface area contributed by atoms with E-state index in [2.05, 4.69) is 10.6 Å². The molecule has 0 spiro atoms. The van der Waals surface area contributed by atoms with Crippen molar-refractivity contribution in [2.75, 3.05) is 33.9 Å². The van der Waals surface area contributed by atoms with Crippen molar-refractivity contribution in [1.82, 2.24) is 10.6 Å². The van der Waals surface area contributed by atoms with E-state index in [0.717, 1.165) is 12.1 Å². The second-order valence-electron chi connectivity index (χ2n) is 4.47. The average molecular weight is 280 g/mol. The number of carbonyl (C=O) groups excluding carboxylic acids is 1. The SMILES string of the molecule is COc1ccc(CNC(=O)C2CNCCO2)cc1OC. The summed E-state index contributed by atoms with van der Waals surface area (Å²) in [5.74, 6) is 1.21. The Balaban J connectivity index is 1.91. The summed E-state index contributed by atoms with van der Waals surface area (Å²) in [6, 6.07) is 5.56. The van der Waals surface area contributed by atoms with Gasteiger partial charge in [0.1, 0.15) is 6.10 Å². The Bertz CT molecular complexity index is 458. The van der Waals surface area contributed by atoms with E-state index in [1.54, 1.807) is 14.2 Å². The lowest BCUT2D eigenvalue weighted by Crippen LogP contribution is -2.47. The maximum atomic E-state index is 11.9. The molecule has 1 unspecified atom stereocenters. The van der Waals surface area contributed by atoms with E-state index in [1.165, 1.54) is 0 Å². The highest BCUT2D eigenvalue weighted by Crippen LogP contribution is 2.27. The van der Waals surface area contributed by atoms with Gasteiger partial charge in [-0.2, -0.15) is 0 Å². The summed E-state index contributed by atoms with van der Waals surface area (Å²) in [5, 5.41) is 5.98. The van der Waals surface area contributed by atoms with Crippen molar-refractivity contribution in [2.45, 2.75) is 12.6 Å². The molecule has 1 aromatic carbocycles. The normalized spacial score (nSPS) is 18.4. The molecule has 0 aliphatic carbocycles. The monoisotopic (exact) mass is 280 g/mol. The van der Waals surface area contributed by atoms with Crippen LogP contribution in [0.25, 0.3) is 0 Å². The molecule has 6 heteroatoms. The molecule has 6 nitrogen and oxygen atoms in total. The number of morpholine rings is 1. The van der Waals surface area contributed by atoms with E-state index >= 15 is 0 Å². The van der Waals surface area contributed by atoms with Gasteiger partial charge in [0.05, 0.1) is 20.8 Å². The summed E-state index contributed by atoms with van der Waals surface area (Å²) in [6.45, 7) is 2.34. The highest BCUT2D eigenvalue weighted by Gasteiger charge is 2.21. The lowest BCUT2D eigenvalue weighted by atomic mass is 10.2. The highest BCUT2D eigenvalue weighted by molar-refractivity contribution is 5.81. The molecule has 1 aromatic rings. The summed E-state index contributed by atoms with van der Waals surface area (Å²) < 4.78 is 15.8. The summed E-state index contributed by atoms with van der Waals surface area (Å²) >= 11 is 0. The molecule has 2 N–H and O–H groups in total. The number of nitrogens with one attached hydrogen (secondary N) is 2. The topological polar surface area (TPSA) is 68.8 Å². The lowest BCUT2D eigenvalue weighted by Gasteiger charge is -2.22. The van der Waals surface area contributed by atoms with Crippen LogP contribution in [0.4, 0.5) is 0 Å². The van der Waals surface area contributed by atoms with E-state index in [4.69, 9.17) is 14.2 Å². The number of rotatable bonds is 5. The number of ether oxygens (including phenoxy) is 3. The molecule has 20 heavy (non-hydrogen) atoms. The average Bonchev–Trinajstić information content (AvgIpc) is 2.53. The molecule has 1 fully saturated rings. The fourth-order valence-electron chi connectivity index (χ4n) is 2.03. The smallest absolute Gasteiger partial charge is 0.250 e. The third-order valence-electron chi connectivity index (χ3n) is 3.13. The molecule has 0 bridgehead atoms. The zero-order chi connectivity index (χ0) is 14.4. The number of hydrogen-bond acceptors (Lipinski definition) is 5. The minimum Gasteiger partial charge on any atom is -0.493 e. The van der Waals surface area contributed by atoms with Crippen LogP contribution in [-0.2, 0) is 16.1 Å². The van der Waals surface area contributed by atoms with Crippen molar-refractivity contribution in [2.24, 2.45) is 0 Å². The molecule has 0 radical (unpaired) electrons. The van der Waals surface area contributed by atoms with Gasteiger partial charge in [0, 0.05) is 19.6 Å². The summed E-state index contributed by atoms with van der Waals surface area (Å²) in [4.78, 5) is 11.9. The van der Waals surface area contributed by atoms with Crippen LogP contribution >= 0.6 is 0 Å². The van der Waals surface area contributed by atoms with Crippen molar-refractivity contribution < 1.29 is 19.0 Å². The number of carbonyl (C=O) groups is 1. The van der Waals surface area contributed by atoms with Crippen LogP contribution in [0.3, 0.4) is 0 Å². The second-order valence-corrected chi connectivity index (χ2v) is 4.47. The molecule has 1 atom stereocenters. The Morgan fingerprint density at radius 1 is 1.40 bits per heavy atom. The quantitative estimate of drug-likeness (QED) is 0.812. The molecule has 0 saturated carbocycles. The van der Waals surface area contributed by atoms with E-state index in [0.29, 0.717) is 31.2 Å². The molecule has 0 aromatic heterocycles. The minimum atomic E-state index is -0.413. The van der Waals surface area contributed by atoms with Gasteiger partial charge in [-0.25, -0.2) is 0 Å². The molecule has 1 heterocycles. The largest absolute Gasteiger partial charge is 0.493 e. The van der Waals surface area contributed by atoms with E-state index in [-0.39, 0.29) is 5.91 Å². The summed E-state index contributed by atoms with van der Waals surface area (Å²) in [6.07, 6.45) is -0.413. The van der Waals surface area contributed by atoms with Gasteiger partial charge < -0.3 is 24.8 Å². The first-order chi connectivity index (χ1) is 9.74. The molecule has 1 aliphatic heterocycles. The summed E-state index contributed by atoms with van der Waals surface area (Å²) in [5.41, 5.74) is 0.944. The van der Waals surface area contributed by atoms with Crippen LogP contribution in [0, 0.1) is 0 Å². The summed E-state index contributed by atoms with van der Waals surface area (Å²) in [7, 11) is 3.18. The first-order valence-corrected chi connectivity index (χ1v) is 6.55. The molecule has 1 amide bonds. The van der Waals surface area contributed by atoms with E-state index < -0.39 is 6.10 Å². The third kappa shape index (κ3) is 3.61. The lowest BCUT2D eigenvalue weighted by molar-refractivity contribution is -0.134. The standard InChI is InChI=1S/C14H20N2O4/c1-18-11-4-3-10(7-12(11)19-2)8-16-14(17)13-9-15-5-6-20-13/h3-4,7,13,15H,5-6,8-9H2,1-2H3,(H,16,17). The fraction of sp³-hybridized carbons (Fsp3) is 0.500. The third-order valence-corrected chi connectivity index (χ3v) is 3.13. The van der Waals surface area contributed by atoms with Crippen LogP contribution in [0.15, 0.2) is 18.2 Å². The number of methoxy groups -OCH3 is 2. The van der Waals surface area contributed by atoms with Crippen LogP contribution < -0.4 is 20.1 Å². The minimum absolute atomic E-state index is 0.105. The zero-order valence-corrected chi connectivity index (χ0v) is 11.8. The van der Waals surface area contributed by atoms with Crippen molar-refractivity contribution in [3.63, 3.8) is 0 Å². The van der Waals surface area contributed by atoms with Gasteiger partial charge in [0.25, 0.3) is 5.91 Å². The Morgan fingerprint density at radius 2 is 2.20 bits per heavy atom. The van der Waals surface area contributed by atoms with Crippen molar-refractivity contribution in [3.8, 4) is 11.5 Å². The van der Waals surface area contributed by atoms with Crippen LogP contribution in [0.5, 0.6) is 11.5 Å². The van der Waals surface area contributed by atoms with Gasteiger partial charge in [-0.05, 0) is 17.7 Å². The maximum absolute atomic E-state index is 11.9. The van der Waals surface area contributed by atoms with Gasteiger partial charge in [-0.3, -0.25) is 4.79 Å². The molecule has 1 saturated heterocycles. The molecule has 2 rings (SSSR count). The van der Waals surface area contributed by atoms with Crippen LogP contribution in [0.2, 0.25) is 0 Å². The molecular weight excluding hydrogens is 260 g/mol. The van der Waals surface area contributed by atoms with E-state index in [1.807, 2.05) is 18.2 Å². The first kappa shape index (κ1) is 14.6. The van der Waals surface area contributed by atoms with Gasteiger partial charge in [-0.1, -0.05) is 6.07 Å². The molecular formula is C14H20N2O4. The predicted octanol–water partition coefficient (Wildman–Crippen LogP) is 0.308. The van der Waals surface area contributed by atoms with Gasteiger partial charge in [0.15, 0.2) is 11.5 Å². The maximum Gasteiger partial charge on any atom is 0.250 e. The molecule has 1 aliphatic rings. The second kappa shape index (κ2) is 7.12. The predicted molar refractivity (Wildman–Crippen MR) is 74.0 cm³/mol. The zero-order valence-electron chi connectivity index (χ0n) is 11.8. The number of amides is 1. The highest BCUT2D eigenvalue weighted by atomic mass is 16.5. The Kier molecular flexibility index (Phi) is 5.20.